The fourth-order valence-electron chi connectivity index (χ4n) is 1.56. The molecule has 0 saturated heterocycles. The summed E-state index contributed by atoms with van der Waals surface area (Å²) in [7, 11) is 0. The third kappa shape index (κ3) is 1.54. The molecule has 0 aliphatic carbocycles. The molecule has 0 spiro atoms. The molecule has 2 rings (SSSR count). The molecule has 0 fully saturated rings. The number of thiophene rings is 1. The number of fused-ring (bicyclic) bond motifs is 1. The van der Waals surface area contributed by atoms with E-state index in [1.54, 1.807) is 11.3 Å². The van der Waals surface area contributed by atoms with Gasteiger partial charge in [-0.2, -0.15) is 0 Å². The van der Waals surface area contributed by atoms with Crippen LogP contribution in [0.5, 0.6) is 0 Å². The van der Waals surface area contributed by atoms with Crippen molar-refractivity contribution in [2.45, 2.75) is 12.8 Å². The summed E-state index contributed by atoms with van der Waals surface area (Å²) in [6.07, 6.45) is 0. The van der Waals surface area contributed by atoms with Gasteiger partial charge in [0.05, 0.1) is 0 Å². The van der Waals surface area contributed by atoms with Gasteiger partial charge in [0.25, 0.3) is 0 Å². The van der Waals surface area contributed by atoms with Gasteiger partial charge in [0.2, 0.25) is 0 Å². The van der Waals surface area contributed by atoms with Crippen LogP contribution in [0.3, 0.4) is 0 Å². The van der Waals surface area contributed by atoms with Crippen LogP contribution >= 0.6 is 22.9 Å². The largest absolute Gasteiger partial charge is 0.330 e. The van der Waals surface area contributed by atoms with Crippen molar-refractivity contribution in [2.24, 2.45) is 5.73 Å². The average molecular weight is 226 g/mol. The number of rotatable bonds is 2. The molecule has 0 radical (unpaired) electrons. The highest BCUT2D eigenvalue weighted by Crippen LogP contribution is 2.35. The molecule has 0 aliphatic heterocycles. The Balaban J connectivity index is 2.67. The Morgan fingerprint density at radius 3 is 3.00 bits per heavy atom. The van der Waals surface area contributed by atoms with E-state index in [1.165, 1.54) is 15.6 Å². The van der Waals surface area contributed by atoms with Crippen molar-refractivity contribution in [1.82, 2.24) is 0 Å². The summed E-state index contributed by atoms with van der Waals surface area (Å²) >= 11 is 7.90. The molecule has 0 aliphatic rings. The summed E-state index contributed by atoms with van der Waals surface area (Å²) in [6, 6.07) is 6.01. The first-order valence-corrected chi connectivity index (χ1v) is 5.85. The van der Waals surface area contributed by atoms with E-state index < -0.39 is 0 Å². The summed E-state index contributed by atoms with van der Waals surface area (Å²) in [5, 5.41) is 4.17. The fraction of sp³-hybridized carbons (Fsp3) is 0.273. The Morgan fingerprint density at radius 1 is 1.50 bits per heavy atom. The van der Waals surface area contributed by atoms with Crippen LogP contribution in [0, 0.1) is 0 Å². The van der Waals surface area contributed by atoms with E-state index in [0.717, 1.165) is 5.02 Å². The molecule has 1 unspecified atom stereocenters. The van der Waals surface area contributed by atoms with Gasteiger partial charge in [0, 0.05) is 15.1 Å². The zero-order valence-corrected chi connectivity index (χ0v) is 9.53. The lowest BCUT2D eigenvalue weighted by Crippen LogP contribution is -2.08. The molecular weight excluding hydrogens is 214 g/mol. The lowest BCUT2D eigenvalue weighted by molar-refractivity contribution is 0.783. The van der Waals surface area contributed by atoms with E-state index in [9.17, 15) is 0 Å². The SMILES string of the molecule is CC(CN)c1csc2cccc(Cl)c12. The second-order valence-corrected chi connectivity index (χ2v) is 4.76. The van der Waals surface area contributed by atoms with Gasteiger partial charge in [-0.15, -0.1) is 11.3 Å². The highest BCUT2D eigenvalue weighted by Gasteiger charge is 2.12. The minimum Gasteiger partial charge on any atom is -0.330 e. The second-order valence-electron chi connectivity index (χ2n) is 3.44. The molecule has 14 heavy (non-hydrogen) atoms. The van der Waals surface area contributed by atoms with Gasteiger partial charge in [-0.05, 0) is 35.5 Å². The van der Waals surface area contributed by atoms with Gasteiger partial charge >= 0.3 is 0 Å². The van der Waals surface area contributed by atoms with Gasteiger partial charge in [-0.25, -0.2) is 0 Å². The predicted molar refractivity (Wildman–Crippen MR) is 64.3 cm³/mol. The van der Waals surface area contributed by atoms with E-state index in [2.05, 4.69) is 18.4 Å². The number of nitrogens with two attached hydrogens (primary N) is 1. The zero-order chi connectivity index (χ0) is 10.1. The van der Waals surface area contributed by atoms with Crippen LogP contribution in [0.1, 0.15) is 18.4 Å². The molecule has 0 bridgehead atoms. The van der Waals surface area contributed by atoms with Crippen LogP contribution in [0.2, 0.25) is 5.02 Å². The maximum Gasteiger partial charge on any atom is 0.0495 e. The predicted octanol–water partition coefficient (Wildman–Crippen LogP) is 3.62. The lowest BCUT2D eigenvalue weighted by Gasteiger charge is -2.07. The normalized spacial score (nSPS) is 13.4. The molecule has 1 atom stereocenters. The molecular formula is C11H12ClNS. The Labute approximate surface area is 92.5 Å². The minimum absolute atomic E-state index is 0.378. The summed E-state index contributed by atoms with van der Waals surface area (Å²) in [5.41, 5.74) is 6.94. The smallest absolute Gasteiger partial charge is 0.0495 e. The van der Waals surface area contributed by atoms with Gasteiger partial charge in [0.15, 0.2) is 0 Å². The molecule has 0 saturated carbocycles. The highest BCUT2D eigenvalue weighted by atomic mass is 35.5. The highest BCUT2D eigenvalue weighted by molar-refractivity contribution is 7.17. The van der Waals surface area contributed by atoms with Crippen molar-refractivity contribution in [3.63, 3.8) is 0 Å². The van der Waals surface area contributed by atoms with Gasteiger partial charge < -0.3 is 5.73 Å². The van der Waals surface area contributed by atoms with Crippen molar-refractivity contribution in [1.29, 1.82) is 0 Å². The van der Waals surface area contributed by atoms with Gasteiger partial charge in [-0.1, -0.05) is 24.6 Å². The molecule has 0 amide bonds. The Bertz CT molecular complexity index is 449. The molecule has 1 aromatic heterocycles. The standard InChI is InChI=1S/C11H12ClNS/c1-7(5-13)8-6-14-10-4-2-3-9(12)11(8)10/h2-4,6-7H,5,13H2,1H3. The Hall–Kier alpha value is -0.570. The van der Waals surface area contributed by atoms with Crippen molar-refractivity contribution in [3.05, 3.63) is 34.2 Å². The molecule has 1 aromatic carbocycles. The molecule has 2 N–H and O–H groups in total. The van der Waals surface area contributed by atoms with Crippen molar-refractivity contribution >= 4 is 33.0 Å². The Morgan fingerprint density at radius 2 is 2.29 bits per heavy atom. The number of hydrogen-bond donors (Lipinski definition) is 1. The van der Waals surface area contributed by atoms with Crippen molar-refractivity contribution < 1.29 is 0 Å². The van der Waals surface area contributed by atoms with Crippen molar-refractivity contribution in [2.75, 3.05) is 6.54 Å². The fourth-order valence-corrected chi connectivity index (χ4v) is 3.00. The van der Waals surface area contributed by atoms with Crippen molar-refractivity contribution in [3.8, 4) is 0 Å². The van der Waals surface area contributed by atoms with E-state index in [1.807, 2.05) is 12.1 Å². The number of hydrogen-bond acceptors (Lipinski definition) is 2. The first kappa shape index (κ1) is 9.97. The number of halogens is 1. The minimum atomic E-state index is 0.378. The topological polar surface area (TPSA) is 26.0 Å². The summed E-state index contributed by atoms with van der Waals surface area (Å²) < 4.78 is 1.24. The summed E-state index contributed by atoms with van der Waals surface area (Å²) in [5.74, 6) is 0.378. The van der Waals surface area contributed by atoms with E-state index in [-0.39, 0.29) is 0 Å². The maximum absolute atomic E-state index is 6.17. The van der Waals surface area contributed by atoms with Crippen LogP contribution in [0.4, 0.5) is 0 Å². The quantitative estimate of drug-likeness (QED) is 0.830. The van der Waals surface area contributed by atoms with Crippen LogP contribution in [0.25, 0.3) is 10.1 Å². The van der Waals surface area contributed by atoms with Gasteiger partial charge in [0.1, 0.15) is 0 Å². The monoisotopic (exact) mass is 225 g/mol. The van der Waals surface area contributed by atoms with E-state index in [4.69, 9.17) is 17.3 Å². The number of benzene rings is 1. The first-order chi connectivity index (χ1) is 6.74. The van der Waals surface area contributed by atoms with Crippen LogP contribution in [-0.2, 0) is 0 Å². The van der Waals surface area contributed by atoms with Crippen LogP contribution in [0.15, 0.2) is 23.6 Å². The van der Waals surface area contributed by atoms with Crippen LogP contribution < -0.4 is 5.73 Å². The summed E-state index contributed by atoms with van der Waals surface area (Å²) in [6.45, 7) is 2.79. The average Bonchev–Trinajstić information content (AvgIpc) is 2.62. The maximum atomic E-state index is 6.17. The Kier molecular flexibility index (Phi) is 2.77. The first-order valence-electron chi connectivity index (χ1n) is 4.59. The molecule has 74 valence electrons. The van der Waals surface area contributed by atoms with Gasteiger partial charge in [-0.3, -0.25) is 0 Å². The van der Waals surface area contributed by atoms with Crippen LogP contribution in [-0.4, -0.2) is 6.54 Å². The summed E-state index contributed by atoms with van der Waals surface area (Å²) in [4.78, 5) is 0. The third-order valence-corrected chi connectivity index (χ3v) is 3.74. The zero-order valence-electron chi connectivity index (χ0n) is 7.96. The molecule has 1 nitrogen and oxygen atoms in total. The third-order valence-electron chi connectivity index (χ3n) is 2.46. The van der Waals surface area contributed by atoms with E-state index >= 15 is 0 Å². The van der Waals surface area contributed by atoms with E-state index in [0.29, 0.717) is 12.5 Å². The second kappa shape index (κ2) is 3.89. The molecule has 1 heterocycles. The molecule has 3 heteroatoms. The molecule has 2 aromatic rings. The lowest BCUT2D eigenvalue weighted by atomic mass is 10.0.